The van der Waals surface area contributed by atoms with Crippen LogP contribution in [0.2, 0.25) is 0 Å². The van der Waals surface area contributed by atoms with E-state index in [1.807, 2.05) is 34.1 Å². The number of nitrogens with one attached hydrogen (secondary N) is 2. The van der Waals surface area contributed by atoms with Crippen molar-refractivity contribution >= 4 is 40.0 Å². The Labute approximate surface area is 165 Å². The van der Waals surface area contributed by atoms with Crippen LogP contribution in [0.5, 0.6) is 0 Å². The summed E-state index contributed by atoms with van der Waals surface area (Å²) in [6.45, 7) is 2.40. The van der Waals surface area contributed by atoms with Gasteiger partial charge in [0.1, 0.15) is 0 Å². The topological polar surface area (TPSA) is 47.2 Å². The molecule has 146 valence electrons. The maximum absolute atomic E-state index is 12.9. The van der Waals surface area contributed by atoms with Gasteiger partial charge in [-0.25, -0.2) is 4.98 Å². The summed E-state index contributed by atoms with van der Waals surface area (Å²) in [5.41, 5.74) is 1.71. The minimum atomic E-state index is -4.34. The van der Waals surface area contributed by atoms with E-state index in [-0.39, 0.29) is 0 Å². The second kappa shape index (κ2) is 7.31. The minimum Gasteiger partial charge on any atom is -0.368 e. The Bertz CT molecular complexity index is 959. The molecule has 0 unspecified atom stereocenters. The lowest BCUT2D eigenvalue weighted by Crippen LogP contribution is -2.50. The average Bonchev–Trinajstić information content (AvgIpc) is 3.10. The Morgan fingerprint density at radius 3 is 2.50 bits per heavy atom. The van der Waals surface area contributed by atoms with Crippen molar-refractivity contribution in [2.75, 3.05) is 36.4 Å². The zero-order chi connectivity index (χ0) is 19.7. The molecular weight excluding hydrogens is 387 g/mol. The Morgan fingerprint density at radius 2 is 1.79 bits per heavy atom. The van der Waals surface area contributed by atoms with Crippen molar-refractivity contribution in [1.82, 2.24) is 14.9 Å². The van der Waals surface area contributed by atoms with Crippen LogP contribution < -0.4 is 10.2 Å². The van der Waals surface area contributed by atoms with Gasteiger partial charge in [0.2, 0.25) is 5.95 Å². The molecule has 1 aromatic heterocycles. The number of aromatic nitrogens is 2. The van der Waals surface area contributed by atoms with Crippen LogP contribution in [0.4, 0.5) is 24.8 Å². The molecule has 0 saturated carbocycles. The molecule has 3 aromatic rings. The predicted octanol–water partition coefficient (Wildman–Crippen LogP) is 4.10. The summed E-state index contributed by atoms with van der Waals surface area (Å²) in [7, 11) is 0. The van der Waals surface area contributed by atoms with Crippen LogP contribution >= 0.6 is 12.2 Å². The third-order valence-corrected chi connectivity index (χ3v) is 5.08. The Kier molecular flexibility index (Phi) is 4.84. The molecule has 1 saturated heterocycles. The van der Waals surface area contributed by atoms with Crippen molar-refractivity contribution in [2.24, 2.45) is 0 Å². The van der Waals surface area contributed by atoms with Crippen LogP contribution in [-0.4, -0.2) is 46.2 Å². The maximum atomic E-state index is 12.9. The summed E-state index contributed by atoms with van der Waals surface area (Å²) in [4.78, 5) is 11.5. The number of hydrogen-bond donors (Lipinski definition) is 2. The van der Waals surface area contributed by atoms with E-state index in [1.54, 1.807) is 6.07 Å². The van der Waals surface area contributed by atoms with Crippen molar-refractivity contribution in [3.8, 4) is 0 Å². The zero-order valence-electron chi connectivity index (χ0n) is 14.8. The van der Waals surface area contributed by atoms with E-state index < -0.39 is 11.7 Å². The van der Waals surface area contributed by atoms with Gasteiger partial charge in [-0.15, -0.1) is 0 Å². The van der Waals surface area contributed by atoms with Crippen LogP contribution in [0, 0.1) is 0 Å². The average molecular weight is 405 g/mol. The predicted molar refractivity (Wildman–Crippen MR) is 108 cm³/mol. The van der Waals surface area contributed by atoms with E-state index in [9.17, 15) is 13.2 Å². The lowest BCUT2D eigenvalue weighted by molar-refractivity contribution is -0.137. The summed E-state index contributed by atoms with van der Waals surface area (Å²) in [6.07, 6.45) is -4.34. The summed E-state index contributed by atoms with van der Waals surface area (Å²) in [6, 6.07) is 13.1. The van der Waals surface area contributed by atoms with E-state index >= 15 is 0 Å². The van der Waals surface area contributed by atoms with Crippen molar-refractivity contribution in [3.63, 3.8) is 0 Å². The molecule has 9 heteroatoms. The van der Waals surface area contributed by atoms with Crippen LogP contribution in [-0.2, 0) is 6.18 Å². The maximum Gasteiger partial charge on any atom is 0.416 e. The van der Waals surface area contributed by atoms with E-state index in [4.69, 9.17) is 12.2 Å². The molecule has 0 atom stereocenters. The highest BCUT2D eigenvalue weighted by molar-refractivity contribution is 7.80. The highest BCUT2D eigenvalue weighted by atomic mass is 32.1. The number of thiocarbonyl (C=S) groups is 1. The number of nitrogens with zero attached hydrogens (tertiary/aromatic N) is 3. The van der Waals surface area contributed by atoms with Crippen LogP contribution in [0.3, 0.4) is 0 Å². The molecule has 0 bridgehead atoms. The van der Waals surface area contributed by atoms with Gasteiger partial charge in [-0.2, -0.15) is 13.2 Å². The first-order valence-corrected chi connectivity index (χ1v) is 9.24. The van der Waals surface area contributed by atoms with Gasteiger partial charge in [0.25, 0.3) is 0 Å². The number of piperazine rings is 1. The van der Waals surface area contributed by atoms with E-state index in [2.05, 4.69) is 15.3 Å². The SMILES string of the molecule is FC(F)(F)c1cccc(N2CCN(C(=S)Nc3nc4ccccc4[nH]3)CC2)c1. The third-order valence-electron chi connectivity index (χ3n) is 4.72. The van der Waals surface area contributed by atoms with Gasteiger partial charge in [-0.05, 0) is 42.5 Å². The largest absolute Gasteiger partial charge is 0.416 e. The fourth-order valence-electron chi connectivity index (χ4n) is 3.24. The van der Waals surface area contributed by atoms with Crippen LogP contribution in [0.1, 0.15) is 5.56 Å². The number of halogens is 3. The highest BCUT2D eigenvalue weighted by Crippen LogP contribution is 2.31. The van der Waals surface area contributed by atoms with Crippen LogP contribution in [0.25, 0.3) is 11.0 Å². The van der Waals surface area contributed by atoms with E-state index in [1.165, 1.54) is 12.1 Å². The number of fused-ring (bicyclic) bond motifs is 1. The molecule has 5 nitrogen and oxygen atoms in total. The molecule has 1 aliphatic rings. The van der Waals surface area contributed by atoms with Crippen LogP contribution in [0.15, 0.2) is 48.5 Å². The summed E-state index contributed by atoms with van der Waals surface area (Å²) in [5.74, 6) is 0.575. The van der Waals surface area contributed by atoms with Crippen molar-refractivity contribution in [2.45, 2.75) is 6.18 Å². The number of hydrogen-bond acceptors (Lipinski definition) is 3. The molecule has 28 heavy (non-hydrogen) atoms. The first-order valence-electron chi connectivity index (χ1n) is 8.83. The number of alkyl halides is 3. The minimum absolute atomic E-state index is 0.544. The van der Waals surface area contributed by atoms with Gasteiger partial charge in [-0.3, -0.25) is 0 Å². The Hall–Kier alpha value is -2.81. The Balaban J connectivity index is 1.38. The molecule has 2 N–H and O–H groups in total. The third kappa shape index (κ3) is 3.89. The lowest BCUT2D eigenvalue weighted by Gasteiger charge is -2.37. The van der Waals surface area contributed by atoms with Crippen molar-refractivity contribution < 1.29 is 13.2 Å². The highest BCUT2D eigenvalue weighted by Gasteiger charge is 2.31. The van der Waals surface area contributed by atoms with Gasteiger partial charge in [-0.1, -0.05) is 18.2 Å². The number of benzene rings is 2. The zero-order valence-corrected chi connectivity index (χ0v) is 15.6. The van der Waals surface area contributed by atoms with E-state index in [0.29, 0.717) is 42.9 Å². The number of anilines is 2. The number of H-pyrrole nitrogens is 1. The summed E-state index contributed by atoms with van der Waals surface area (Å²) in [5, 5.41) is 3.65. The van der Waals surface area contributed by atoms with Gasteiger partial charge in [0, 0.05) is 31.9 Å². The van der Waals surface area contributed by atoms with Crippen molar-refractivity contribution in [1.29, 1.82) is 0 Å². The second-order valence-electron chi connectivity index (χ2n) is 6.55. The molecule has 0 aliphatic carbocycles. The number of rotatable bonds is 2. The normalized spacial score (nSPS) is 15.1. The van der Waals surface area contributed by atoms with E-state index in [0.717, 1.165) is 17.1 Å². The summed E-state index contributed by atoms with van der Waals surface area (Å²) >= 11 is 5.47. The molecule has 2 heterocycles. The van der Waals surface area contributed by atoms with Gasteiger partial charge < -0.3 is 20.1 Å². The molecule has 0 amide bonds. The molecule has 1 aliphatic heterocycles. The quantitative estimate of drug-likeness (QED) is 0.629. The molecule has 0 spiro atoms. The first kappa shape index (κ1) is 18.5. The lowest BCUT2D eigenvalue weighted by atomic mass is 10.1. The first-order chi connectivity index (χ1) is 13.4. The number of aromatic amines is 1. The van der Waals surface area contributed by atoms with Gasteiger partial charge >= 0.3 is 6.18 Å². The number of para-hydroxylation sites is 2. The standard InChI is InChI=1S/C19H18F3N5S/c20-19(21,22)13-4-3-5-14(12-13)26-8-10-27(11-9-26)18(28)25-17-23-15-6-1-2-7-16(15)24-17/h1-7,12H,8-11H2,(H2,23,24,25,28). The summed E-state index contributed by atoms with van der Waals surface area (Å²) < 4.78 is 38.8. The molecule has 1 fully saturated rings. The molecule has 0 radical (unpaired) electrons. The fraction of sp³-hybridized carbons (Fsp3) is 0.263. The molecular formula is C19H18F3N5S. The van der Waals surface area contributed by atoms with Crippen molar-refractivity contribution in [3.05, 3.63) is 54.1 Å². The smallest absolute Gasteiger partial charge is 0.368 e. The molecule has 4 rings (SSSR count). The molecule has 2 aromatic carbocycles. The fourth-order valence-corrected chi connectivity index (χ4v) is 3.52. The Morgan fingerprint density at radius 1 is 1.04 bits per heavy atom. The number of imidazole rings is 1. The monoisotopic (exact) mass is 405 g/mol. The van der Waals surface area contributed by atoms with Gasteiger partial charge in [0.15, 0.2) is 5.11 Å². The van der Waals surface area contributed by atoms with Gasteiger partial charge in [0.05, 0.1) is 16.6 Å². The second-order valence-corrected chi connectivity index (χ2v) is 6.94.